The van der Waals surface area contributed by atoms with Crippen molar-refractivity contribution in [1.29, 1.82) is 0 Å². The second-order valence-electron chi connectivity index (χ2n) is 8.22. The van der Waals surface area contributed by atoms with Gasteiger partial charge < -0.3 is 26.0 Å². The molecule has 0 atom stereocenters. The SMILES string of the molecule is C=CC(=O)N1CC(C)(Oc2cccc(Nc3cc(NC(=O)C4CC4)nnc3C(N)=O)c2)C1. The van der Waals surface area contributed by atoms with E-state index in [1.54, 1.807) is 29.2 Å². The first-order chi connectivity index (χ1) is 15.3. The van der Waals surface area contributed by atoms with E-state index in [2.05, 4.69) is 27.4 Å². The molecule has 2 aliphatic rings. The highest BCUT2D eigenvalue weighted by Gasteiger charge is 2.42. The molecule has 3 amide bonds. The standard InChI is InChI=1S/C22H24N6O4/c1-3-18(29)28-11-22(2,12-28)32-15-6-4-5-14(9-15)24-16-10-17(25-21(31)13-7-8-13)26-27-19(16)20(23)30/h3-6,9-10,13H,1,7-8,11-12H2,2H3,(H2,23,30)(H2,24,25,26,31). The second kappa shape index (κ2) is 8.29. The van der Waals surface area contributed by atoms with Gasteiger partial charge in [-0.3, -0.25) is 14.4 Å². The Morgan fingerprint density at radius 1 is 1.25 bits per heavy atom. The quantitative estimate of drug-likeness (QED) is 0.536. The number of hydrogen-bond acceptors (Lipinski definition) is 7. The smallest absolute Gasteiger partial charge is 0.271 e. The maximum atomic E-state index is 12.0. The van der Waals surface area contributed by atoms with Crippen molar-refractivity contribution in [3.05, 3.63) is 48.7 Å². The van der Waals surface area contributed by atoms with Gasteiger partial charge in [0.05, 0.1) is 18.8 Å². The zero-order chi connectivity index (χ0) is 22.9. The van der Waals surface area contributed by atoms with Gasteiger partial charge in [-0.1, -0.05) is 12.6 Å². The monoisotopic (exact) mass is 436 g/mol. The lowest BCUT2D eigenvalue weighted by molar-refractivity contribution is -0.143. The minimum absolute atomic E-state index is 0.00317. The minimum Gasteiger partial charge on any atom is -0.484 e. The van der Waals surface area contributed by atoms with Gasteiger partial charge in [-0.05, 0) is 38.0 Å². The molecule has 32 heavy (non-hydrogen) atoms. The minimum atomic E-state index is -0.749. The van der Waals surface area contributed by atoms with Crippen molar-refractivity contribution in [3.8, 4) is 5.75 Å². The number of ether oxygens (including phenoxy) is 1. The van der Waals surface area contributed by atoms with Gasteiger partial charge in [0.1, 0.15) is 11.4 Å². The number of rotatable bonds is 8. The van der Waals surface area contributed by atoms with Gasteiger partial charge in [0.25, 0.3) is 5.91 Å². The molecular weight excluding hydrogens is 412 g/mol. The summed E-state index contributed by atoms with van der Waals surface area (Å²) >= 11 is 0. The summed E-state index contributed by atoms with van der Waals surface area (Å²) in [6.07, 6.45) is 2.99. The average molecular weight is 436 g/mol. The maximum absolute atomic E-state index is 12.0. The summed E-state index contributed by atoms with van der Waals surface area (Å²) in [5, 5.41) is 13.5. The molecule has 1 aromatic carbocycles. The van der Waals surface area contributed by atoms with E-state index in [9.17, 15) is 14.4 Å². The van der Waals surface area contributed by atoms with Crippen molar-refractivity contribution in [2.45, 2.75) is 25.4 Å². The van der Waals surface area contributed by atoms with Crippen molar-refractivity contribution >= 4 is 34.9 Å². The normalized spacial score (nSPS) is 16.5. The van der Waals surface area contributed by atoms with Crippen molar-refractivity contribution in [1.82, 2.24) is 15.1 Å². The van der Waals surface area contributed by atoms with Crippen LogP contribution in [0.4, 0.5) is 17.2 Å². The molecule has 4 N–H and O–H groups in total. The number of anilines is 3. The molecule has 1 saturated heterocycles. The van der Waals surface area contributed by atoms with Crippen LogP contribution in [0.15, 0.2) is 43.0 Å². The van der Waals surface area contributed by atoms with Crippen molar-refractivity contribution < 1.29 is 19.1 Å². The molecule has 166 valence electrons. The summed E-state index contributed by atoms with van der Waals surface area (Å²) in [6.45, 7) is 6.33. The molecule has 10 heteroatoms. The van der Waals surface area contributed by atoms with E-state index in [1.165, 1.54) is 12.1 Å². The van der Waals surface area contributed by atoms with E-state index in [1.807, 2.05) is 6.92 Å². The van der Waals surface area contributed by atoms with Crippen molar-refractivity contribution in [2.24, 2.45) is 11.7 Å². The van der Waals surface area contributed by atoms with Gasteiger partial charge in [0, 0.05) is 23.7 Å². The summed E-state index contributed by atoms with van der Waals surface area (Å²) < 4.78 is 6.08. The van der Waals surface area contributed by atoms with E-state index >= 15 is 0 Å². The van der Waals surface area contributed by atoms with E-state index in [4.69, 9.17) is 10.5 Å². The van der Waals surface area contributed by atoms with Crippen LogP contribution in [-0.2, 0) is 9.59 Å². The van der Waals surface area contributed by atoms with Gasteiger partial charge in [-0.2, -0.15) is 0 Å². The van der Waals surface area contributed by atoms with Crippen LogP contribution < -0.4 is 21.1 Å². The Kier molecular flexibility index (Phi) is 5.52. The first-order valence-corrected chi connectivity index (χ1v) is 10.2. The number of nitrogens with two attached hydrogens (primary N) is 1. The third-order valence-electron chi connectivity index (χ3n) is 5.24. The van der Waals surface area contributed by atoms with Crippen LogP contribution >= 0.6 is 0 Å². The lowest BCUT2D eigenvalue weighted by atomic mass is 9.96. The highest BCUT2D eigenvalue weighted by atomic mass is 16.5. The fraction of sp³-hybridized carbons (Fsp3) is 0.318. The third-order valence-corrected chi connectivity index (χ3v) is 5.24. The molecule has 1 aromatic heterocycles. The molecule has 10 nitrogen and oxygen atoms in total. The van der Waals surface area contributed by atoms with E-state index < -0.39 is 11.5 Å². The van der Waals surface area contributed by atoms with Gasteiger partial charge in [-0.25, -0.2) is 0 Å². The number of amides is 3. The Morgan fingerprint density at radius 2 is 2.00 bits per heavy atom. The van der Waals surface area contributed by atoms with E-state index in [-0.39, 0.29) is 29.2 Å². The van der Waals surface area contributed by atoms with Gasteiger partial charge >= 0.3 is 0 Å². The Hall–Kier alpha value is -3.95. The van der Waals surface area contributed by atoms with Crippen LogP contribution in [0.3, 0.4) is 0 Å². The molecule has 1 aliphatic carbocycles. The fourth-order valence-corrected chi connectivity index (χ4v) is 3.49. The third kappa shape index (κ3) is 4.69. The van der Waals surface area contributed by atoms with Crippen LogP contribution in [0.25, 0.3) is 0 Å². The summed E-state index contributed by atoms with van der Waals surface area (Å²) in [6, 6.07) is 8.66. The van der Waals surface area contributed by atoms with Crippen LogP contribution in [0.1, 0.15) is 30.3 Å². The average Bonchev–Trinajstić information content (AvgIpc) is 3.57. The predicted molar refractivity (Wildman–Crippen MR) is 117 cm³/mol. The van der Waals surface area contributed by atoms with Crippen LogP contribution in [0.2, 0.25) is 0 Å². The van der Waals surface area contributed by atoms with Crippen LogP contribution in [-0.4, -0.2) is 51.5 Å². The summed E-state index contributed by atoms with van der Waals surface area (Å²) in [4.78, 5) is 37.2. The van der Waals surface area contributed by atoms with Gasteiger partial charge in [0.2, 0.25) is 11.8 Å². The number of aromatic nitrogens is 2. The lowest BCUT2D eigenvalue weighted by Gasteiger charge is -2.47. The molecular formula is C22H24N6O4. The molecule has 1 saturated carbocycles. The number of nitrogens with one attached hydrogen (secondary N) is 2. The highest BCUT2D eigenvalue weighted by molar-refractivity contribution is 5.98. The highest BCUT2D eigenvalue weighted by Crippen LogP contribution is 2.32. The number of likely N-dealkylation sites (tertiary alicyclic amines) is 1. The van der Waals surface area contributed by atoms with E-state index in [0.717, 1.165) is 12.8 Å². The number of primary amides is 1. The topological polar surface area (TPSA) is 140 Å². The number of carbonyl (C=O) groups is 3. The first kappa shape index (κ1) is 21.3. The number of benzene rings is 1. The summed E-state index contributed by atoms with van der Waals surface area (Å²) in [7, 11) is 0. The largest absolute Gasteiger partial charge is 0.484 e. The Bertz CT molecular complexity index is 1090. The molecule has 0 spiro atoms. The molecule has 0 radical (unpaired) electrons. The summed E-state index contributed by atoms with van der Waals surface area (Å²) in [5.74, 6) is -0.172. The molecule has 2 fully saturated rings. The summed E-state index contributed by atoms with van der Waals surface area (Å²) in [5.41, 5.74) is 5.81. The Labute approximate surface area is 184 Å². The number of nitrogens with zero attached hydrogens (tertiary/aromatic N) is 3. The van der Waals surface area contributed by atoms with E-state index in [0.29, 0.717) is 30.2 Å². The molecule has 4 rings (SSSR count). The molecule has 2 aromatic rings. The lowest BCUT2D eigenvalue weighted by Crippen LogP contribution is -2.64. The van der Waals surface area contributed by atoms with Crippen LogP contribution in [0.5, 0.6) is 5.75 Å². The molecule has 0 unspecified atom stereocenters. The molecule has 1 aliphatic heterocycles. The van der Waals surface area contributed by atoms with Crippen molar-refractivity contribution in [3.63, 3.8) is 0 Å². The zero-order valence-corrected chi connectivity index (χ0v) is 17.6. The van der Waals surface area contributed by atoms with Gasteiger partial charge in [0.15, 0.2) is 11.5 Å². The van der Waals surface area contributed by atoms with Crippen LogP contribution in [0, 0.1) is 5.92 Å². The maximum Gasteiger partial charge on any atom is 0.271 e. The van der Waals surface area contributed by atoms with Gasteiger partial charge in [-0.15, -0.1) is 10.2 Å². The first-order valence-electron chi connectivity index (χ1n) is 10.2. The molecule has 2 heterocycles. The zero-order valence-electron chi connectivity index (χ0n) is 17.6. The Morgan fingerprint density at radius 3 is 2.66 bits per heavy atom. The molecule has 0 bridgehead atoms. The predicted octanol–water partition coefficient (Wildman–Crippen LogP) is 1.83. The fourth-order valence-electron chi connectivity index (χ4n) is 3.49. The number of carbonyl (C=O) groups excluding carboxylic acids is 3. The number of hydrogen-bond donors (Lipinski definition) is 3. The Balaban J connectivity index is 1.49. The van der Waals surface area contributed by atoms with Crippen molar-refractivity contribution in [2.75, 3.05) is 23.7 Å². The second-order valence-corrected chi connectivity index (χ2v) is 8.22.